The quantitative estimate of drug-likeness (QED) is 0.642. The molecular formula is C16H13N3O3. The molecule has 0 aliphatic carbocycles. The molecule has 0 bridgehead atoms. The molecule has 3 rings (SSSR count). The Morgan fingerprint density at radius 1 is 1.36 bits per heavy atom. The molecule has 0 radical (unpaired) electrons. The molecule has 0 fully saturated rings. The van der Waals surface area contributed by atoms with Crippen molar-refractivity contribution in [3.63, 3.8) is 0 Å². The first-order chi connectivity index (χ1) is 10.4. The number of benzene rings is 1. The van der Waals surface area contributed by atoms with Crippen LogP contribution >= 0.6 is 0 Å². The second-order valence-electron chi connectivity index (χ2n) is 5.40. The molecule has 0 amide bonds. The lowest BCUT2D eigenvalue weighted by atomic mass is 10.00. The number of pyridine rings is 1. The van der Waals surface area contributed by atoms with Crippen LogP contribution in [0.4, 0.5) is 0 Å². The van der Waals surface area contributed by atoms with Crippen LogP contribution in [-0.4, -0.2) is 16.5 Å². The maximum Gasteiger partial charge on any atom is 0.284 e. The van der Waals surface area contributed by atoms with Gasteiger partial charge in [-0.25, -0.2) is 4.99 Å². The molecule has 1 N–H and O–H groups in total. The maximum absolute atomic E-state index is 12.1. The van der Waals surface area contributed by atoms with Crippen molar-refractivity contribution in [3.8, 4) is 17.6 Å². The molecule has 1 aliphatic heterocycles. The number of aromatic hydroxyl groups is 1. The molecular weight excluding hydrogens is 282 g/mol. The van der Waals surface area contributed by atoms with Gasteiger partial charge in [-0.2, -0.15) is 9.99 Å². The van der Waals surface area contributed by atoms with Gasteiger partial charge in [0.25, 0.3) is 5.69 Å². The van der Waals surface area contributed by atoms with Crippen LogP contribution < -0.4 is 9.47 Å². The van der Waals surface area contributed by atoms with E-state index in [2.05, 4.69) is 4.99 Å². The molecule has 0 saturated heterocycles. The lowest BCUT2D eigenvalue weighted by molar-refractivity contribution is -0.607. The molecule has 6 heteroatoms. The van der Waals surface area contributed by atoms with Gasteiger partial charge in [0.15, 0.2) is 17.7 Å². The largest absolute Gasteiger partial charge is 0.618 e. The van der Waals surface area contributed by atoms with Crippen LogP contribution in [0.1, 0.15) is 30.7 Å². The molecule has 0 saturated carbocycles. The number of nitrogens with zero attached hydrogens (tertiary/aromatic N) is 3. The first-order valence-corrected chi connectivity index (χ1v) is 6.66. The molecule has 2 heterocycles. The van der Waals surface area contributed by atoms with Gasteiger partial charge in [-0.1, -0.05) is 0 Å². The van der Waals surface area contributed by atoms with Crippen molar-refractivity contribution in [2.45, 2.75) is 19.6 Å². The van der Waals surface area contributed by atoms with E-state index in [1.807, 2.05) is 6.07 Å². The van der Waals surface area contributed by atoms with Crippen molar-refractivity contribution in [2.75, 3.05) is 0 Å². The highest BCUT2D eigenvalue weighted by Crippen LogP contribution is 2.34. The Bertz CT molecular complexity index is 815. The number of rotatable bonds is 1. The second-order valence-corrected chi connectivity index (χ2v) is 5.40. The standard InChI is InChI=1S/C16H13N3O3/c1-16(2)18-14(15-12(20)4-3-7-19(15)21)11-8-10(9-17)5-6-13(11)22-16/h3-8,20H,1-2H3. The topological polar surface area (TPSA) is 92.5 Å². The minimum absolute atomic E-state index is 0.0372. The number of hydrogen-bond acceptors (Lipinski definition) is 5. The third-order valence-electron chi connectivity index (χ3n) is 3.27. The minimum Gasteiger partial charge on any atom is -0.618 e. The summed E-state index contributed by atoms with van der Waals surface area (Å²) < 4.78 is 6.31. The van der Waals surface area contributed by atoms with E-state index in [0.717, 1.165) is 0 Å². The number of ether oxygens (including phenoxy) is 1. The highest BCUT2D eigenvalue weighted by atomic mass is 16.5. The zero-order valence-electron chi connectivity index (χ0n) is 12.1. The molecule has 22 heavy (non-hydrogen) atoms. The van der Waals surface area contributed by atoms with E-state index < -0.39 is 5.72 Å². The molecule has 1 aromatic heterocycles. The van der Waals surface area contributed by atoms with Crippen molar-refractivity contribution >= 4 is 5.71 Å². The average Bonchev–Trinajstić information content (AvgIpc) is 2.45. The summed E-state index contributed by atoms with van der Waals surface area (Å²) in [5.74, 6) is 0.333. The van der Waals surface area contributed by atoms with E-state index in [4.69, 9.17) is 10.00 Å². The Morgan fingerprint density at radius 2 is 2.14 bits per heavy atom. The smallest absolute Gasteiger partial charge is 0.284 e. The number of aromatic nitrogens is 1. The van der Waals surface area contributed by atoms with E-state index in [1.165, 1.54) is 18.3 Å². The lowest BCUT2D eigenvalue weighted by Gasteiger charge is -2.29. The van der Waals surface area contributed by atoms with Gasteiger partial charge < -0.3 is 15.1 Å². The van der Waals surface area contributed by atoms with E-state index in [-0.39, 0.29) is 11.4 Å². The summed E-state index contributed by atoms with van der Waals surface area (Å²) in [7, 11) is 0. The Labute approximate surface area is 127 Å². The Balaban J connectivity index is 2.30. The zero-order valence-corrected chi connectivity index (χ0v) is 12.1. The fourth-order valence-corrected chi connectivity index (χ4v) is 2.38. The van der Waals surface area contributed by atoms with Crippen LogP contribution in [0.3, 0.4) is 0 Å². The summed E-state index contributed by atoms with van der Waals surface area (Å²) in [5, 5.41) is 31.2. The van der Waals surface area contributed by atoms with Crippen LogP contribution in [0.2, 0.25) is 0 Å². The highest BCUT2D eigenvalue weighted by molar-refractivity contribution is 6.14. The van der Waals surface area contributed by atoms with Crippen molar-refractivity contribution < 1.29 is 14.6 Å². The molecule has 0 unspecified atom stereocenters. The third-order valence-corrected chi connectivity index (χ3v) is 3.27. The summed E-state index contributed by atoms with van der Waals surface area (Å²) in [5.41, 5.74) is 0.380. The van der Waals surface area contributed by atoms with Crippen LogP contribution in [0.25, 0.3) is 0 Å². The summed E-state index contributed by atoms with van der Waals surface area (Å²) >= 11 is 0. The SMILES string of the molecule is CC1(C)N=C(c2c(O)ccc[n+]2[O-])c2cc(C#N)ccc2O1. The van der Waals surface area contributed by atoms with Crippen LogP contribution in [0.15, 0.2) is 41.5 Å². The normalized spacial score (nSPS) is 15.2. The molecule has 110 valence electrons. The van der Waals surface area contributed by atoms with Crippen LogP contribution in [0, 0.1) is 16.5 Å². The predicted octanol–water partition coefficient (Wildman–Crippen LogP) is 1.86. The first kappa shape index (κ1) is 13.9. The van der Waals surface area contributed by atoms with Gasteiger partial charge in [-0.05, 0) is 38.1 Å². The van der Waals surface area contributed by atoms with Crippen molar-refractivity contribution in [1.29, 1.82) is 5.26 Å². The van der Waals surface area contributed by atoms with Gasteiger partial charge in [0.2, 0.25) is 0 Å². The van der Waals surface area contributed by atoms with Crippen molar-refractivity contribution in [3.05, 3.63) is 58.6 Å². The van der Waals surface area contributed by atoms with Gasteiger partial charge in [-0.3, -0.25) is 0 Å². The average molecular weight is 295 g/mol. The summed E-state index contributed by atoms with van der Waals surface area (Å²) in [4.78, 5) is 4.43. The van der Waals surface area contributed by atoms with Gasteiger partial charge in [0.05, 0.1) is 17.2 Å². The third kappa shape index (κ3) is 2.23. The van der Waals surface area contributed by atoms with Gasteiger partial charge in [0.1, 0.15) is 11.5 Å². The van der Waals surface area contributed by atoms with Crippen molar-refractivity contribution in [2.24, 2.45) is 4.99 Å². The Kier molecular flexibility index (Phi) is 2.99. The van der Waals surface area contributed by atoms with E-state index in [0.29, 0.717) is 27.3 Å². The van der Waals surface area contributed by atoms with Crippen LogP contribution in [-0.2, 0) is 0 Å². The molecule has 0 spiro atoms. The van der Waals surface area contributed by atoms with Crippen LogP contribution in [0.5, 0.6) is 11.5 Å². The predicted molar refractivity (Wildman–Crippen MR) is 78.6 cm³/mol. The van der Waals surface area contributed by atoms with E-state index >= 15 is 0 Å². The molecule has 1 aliphatic rings. The minimum atomic E-state index is -0.883. The Hall–Kier alpha value is -3.07. The molecule has 2 aromatic rings. The molecule has 0 atom stereocenters. The fraction of sp³-hybridized carbons (Fsp3) is 0.188. The zero-order chi connectivity index (χ0) is 15.9. The summed E-state index contributed by atoms with van der Waals surface area (Å²) in [6, 6.07) is 9.80. The summed E-state index contributed by atoms with van der Waals surface area (Å²) in [6.45, 7) is 3.51. The van der Waals surface area contributed by atoms with Gasteiger partial charge >= 0.3 is 0 Å². The fourth-order valence-electron chi connectivity index (χ4n) is 2.38. The van der Waals surface area contributed by atoms with E-state index in [1.54, 1.807) is 32.0 Å². The maximum atomic E-state index is 12.1. The lowest BCUT2D eigenvalue weighted by Crippen LogP contribution is -2.39. The number of nitriles is 1. The summed E-state index contributed by atoms with van der Waals surface area (Å²) in [6.07, 6.45) is 1.29. The van der Waals surface area contributed by atoms with Crippen molar-refractivity contribution in [1.82, 2.24) is 0 Å². The van der Waals surface area contributed by atoms with E-state index in [9.17, 15) is 10.3 Å². The highest BCUT2D eigenvalue weighted by Gasteiger charge is 2.33. The van der Waals surface area contributed by atoms with Gasteiger partial charge in [0, 0.05) is 6.07 Å². The molecule has 6 nitrogen and oxygen atoms in total. The second kappa shape index (κ2) is 4.74. The van der Waals surface area contributed by atoms with Gasteiger partial charge in [-0.15, -0.1) is 0 Å². The molecule has 1 aromatic carbocycles. The number of fused-ring (bicyclic) bond motifs is 1. The number of hydrogen-bond donors (Lipinski definition) is 1. The number of aliphatic imine (C=N–C) groups is 1. The first-order valence-electron chi connectivity index (χ1n) is 6.66. The Morgan fingerprint density at radius 3 is 2.82 bits per heavy atom. The monoisotopic (exact) mass is 295 g/mol.